The number of hydrogen-bond donors (Lipinski definition) is 0. The molecule has 3 nitrogen and oxygen atoms in total. The summed E-state index contributed by atoms with van der Waals surface area (Å²) >= 11 is 2.81. The fourth-order valence-electron chi connectivity index (χ4n) is 1.78. The van der Waals surface area contributed by atoms with Gasteiger partial charge in [-0.15, -0.1) is 0 Å². The summed E-state index contributed by atoms with van der Waals surface area (Å²) in [4.78, 5) is 0.281. The molecule has 0 unspecified atom stereocenters. The Labute approximate surface area is 133 Å². The minimum absolute atomic E-state index is 0.281. The monoisotopic (exact) mass is 367 g/mol. The van der Waals surface area contributed by atoms with Crippen LogP contribution in [0.4, 0.5) is 0 Å². The Bertz CT molecular complexity index is 762. The number of rotatable bonds is 4. The van der Waals surface area contributed by atoms with Gasteiger partial charge in [-0.3, -0.25) is 0 Å². The molecular weight excluding hydrogens is 351 g/mol. The summed E-state index contributed by atoms with van der Waals surface area (Å²) < 4.78 is 30.4. The number of methoxy groups -OCH3 is 1. The normalized spacial score (nSPS) is 12.2. The summed E-state index contributed by atoms with van der Waals surface area (Å²) in [5.41, 5.74) is 1.79. The number of hydrogen-bond acceptors (Lipinski definition) is 3. The summed E-state index contributed by atoms with van der Waals surface area (Å²) in [5, 5.41) is 1.24. The average Bonchev–Trinajstić information content (AvgIpc) is 2.47. The van der Waals surface area contributed by atoms with Crippen LogP contribution in [0.5, 0.6) is 5.75 Å². The maximum atomic E-state index is 12.4. The van der Waals surface area contributed by atoms with Gasteiger partial charge in [0.25, 0.3) is 0 Å². The topological polar surface area (TPSA) is 43.4 Å². The maximum absolute atomic E-state index is 12.4. The van der Waals surface area contributed by atoms with Gasteiger partial charge in [-0.25, -0.2) is 0 Å². The van der Waals surface area contributed by atoms with E-state index in [4.69, 9.17) is 4.74 Å². The SMILES string of the molecule is COc1cccc(C([Se])=CS(=O)(=O)c2ccc(C)cc2)c1. The van der Waals surface area contributed by atoms with Crippen LogP contribution in [0.3, 0.4) is 0 Å². The van der Waals surface area contributed by atoms with Crippen LogP contribution in [0.25, 0.3) is 4.47 Å². The number of sulfone groups is 1. The third-order valence-corrected chi connectivity index (χ3v) is 5.52. The first kappa shape index (κ1) is 15.8. The summed E-state index contributed by atoms with van der Waals surface area (Å²) in [6.07, 6.45) is 0. The molecular formula is C16H15O3SSe. The molecule has 0 atom stereocenters. The van der Waals surface area contributed by atoms with Crippen molar-refractivity contribution < 1.29 is 13.2 Å². The van der Waals surface area contributed by atoms with Gasteiger partial charge in [-0.1, -0.05) is 0 Å². The average molecular weight is 366 g/mol. The summed E-state index contributed by atoms with van der Waals surface area (Å²) in [7, 11) is -1.90. The molecule has 1 radical (unpaired) electrons. The van der Waals surface area contributed by atoms with Crippen molar-refractivity contribution in [2.24, 2.45) is 0 Å². The van der Waals surface area contributed by atoms with Crippen molar-refractivity contribution in [3.8, 4) is 5.75 Å². The van der Waals surface area contributed by atoms with E-state index in [9.17, 15) is 8.42 Å². The van der Waals surface area contributed by atoms with Crippen LogP contribution in [-0.4, -0.2) is 31.5 Å². The van der Waals surface area contributed by atoms with E-state index in [0.717, 1.165) is 11.1 Å². The Morgan fingerprint density at radius 2 is 1.81 bits per heavy atom. The number of ether oxygens (including phenoxy) is 1. The van der Waals surface area contributed by atoms with Gasteiger partial charge in [-0.2, -0.15) is 0 Å². The first-order valence-corrected chi connectivity index (χ1v) is 8.67. The molecule has 0 heterocycles. The predicted octanol–water partition coefficient (Wildman–Crippen LogP) is 2.94. The molecule has 0 fully saturated rings. The minimum atomic E-state index is -3.48. The molecule has 109 valence electrons. The second-order valence-electron chi connectivity index (χ2n) is 4.57. The molecule has 0 bridgehead atoms. The molecule has 0 amide bonds. The van der Waals surface area contributed by atoms with Crippen LogP contribution < -0.4 is 4.74 Å². The van der Waals surface area contributed by atoms with Gasteiger partial charge >= 0.3 is 133 Å². The van der Waals surface area contributed by atoms with Crippen LogP contribution in [0.1, 0.15) is 11.1 Å². The van der Waals surface area contributed by atoms with Crippen molar-refractivity contribution in [3.05, 3.63) is 65.1 Å². The van der Waals surface area contributed by atoms with Gasteiger partial charge in [0.1, 0.15) is 0 Å². The van der Waals surface area contributed by atoms with Crippen LogP contribution in [0.2, 0.25) is 0 Å². The van der Waals surface area contributed by atoms with E-state index in [0.29, 0.717) is 10.2 Å². The summed E-state index contributed by atoms with van der Waals surface area (Å²) in [5.74, 6) is 0.682. The van der Waals surface area contributed by atoms with Crippen LogP contribution >= 0.6 is 0 Å². The Kier molecular flexibility index (Phi) is 4.88. The Hall–Kier alpha value is -1.55. The number of aryl methyl sites for hydroxylation is 1. The van der Waals surface area contributed by atoms with Gasteiger partial charge in [0.15, 0.2) is 0 Å². The van der Waals surface area contributed by atoms with Crippen molar-refractivity contribution in [1.82, 2.24) is 0 Å². The van der Waals surface area contributed by atoms with E-state index in [1.807, 2.05) is 25.1 Å². The van der Waals surface area contributed by atoms with E-state index in [-0.39, 0.29) is 4.90 Å². The van der Waals surface area contributed by atoms with Gasteiger partial charge in [-0.05, 0) is 0 Å². The van der Waals surface area contributed by atoms with Crippen molar-refractivity contribution in [3.63, 3.8) is 0 Å². The van der Waals surface area contributed by atoms with Gasteiger partial charge in [0.2, 0.25) is 0 Å². The third-order valence-electron chi connectivity index (χ3n) is 2.97. The standard InChI is InChI=1S/C16H15O3SSe/c1-12-6-8-15(9-7-12)20(17,18)11-16(21)13-4-3-5-14(10-13)19-2/h3-11H,1-2H3. The van der Waals surface area contributed by atoms with Crippen LogP contribution in [-0.2, 0) is 9.84 Å². The fourth-order valence-corrected chi connectivity index (χ4v) is 3.91. The molecule has 5 heteroatoms. The molecule has 2 rings (SSSR count). The molecule has 0 N–H and O–H groups in total. The van der Waals surface area contributed by atoms with E-state index < -0.39 is 9.84 Å². The van der Waals surface area contributed by atoms with Gasteiger partial charge in [0.05, 0.1) is 0 Å². The van der Waals surface area contributed by atoms with Gasteiger partial charge < -0.3 is 0 Å². The Morgan fingerprint density at radius 1 is 1.14 bits per heavy atom. The molecule has 0 aliphatic rings. The van der Waals surface area contributed by atoms with E-state index in [1.54, 1.807) is 37.4 Å². The second-order valence-corrected chi connectivity index (χ2v) is 7.29. The molecule has 0 aliphatic heterocycles. The molecule has 0 spiro atoms. The van der Waals surface area contributed by atoms with E-state index in [2.05, 4.69) is 16.0 Å². The molecule has 21 heavy (non-hydrogen) atoms. The molecule has 0 saturated heterocycles. The summed E-state index contributed by atoms with van der Waals surface area (Å²) in [6, 6.07) is 14.0. The van der Waals surface area contributed by atoms with Crippen molar-refractivity contribution in [1.29, 1.82) is 0 Å². The quantitative estimate of drug-likeness (QED) is 0.782. The van der Waals surface area contributed by atoms with Crippen molar-refractivity contribution in [2.45, 2.75) is 11.8 Å². The molecule has 2 aromatic carbocycles. The van der Waals surface area contributed by atoms with Crippen molar-refractivity contribution >= 4 is 30.3 Å². The molecule has 0 aliphatic carbocycles. The predicted molar refractivity (Wildman–Crippen MR) is 85.1 cm³/mol. The molecule has 0 saturated carbocycles. The Morgan fingerprint density at radius 3 is 2.43 bits per heavy atom. The van der Waals surface area contributed by atoms with Crippen LogP contribution in [0.15, 0.2) is 58.8 Å². The van der Waals surface area contributed by atoms with E-state index >= 15 is 0 Å². The summed E-state index contributed by atoms with van der Waals surface area (Å²) in [6.45, 7) is 1.92. The third kappa shape index (κ3) is 3.97. The first-order chi connectivity index (χ1) is 9.92. The number of benzene rings is 2. The zero-order chi connectivity index (χ0) is 15.5. The molecule has 2 aromatic rings. The molecule has 0 aromatic heterocycles. The van der Waals surface area contributed by atoms with E-state index in [1.165, 1.54) is 5.41 Å². The fraction of sp³-hybridized carbons (Fsp3) is 0.125. The van der Waals surface area contributed by atoms with Gasteiger partial charge in [0, 0.05) is 0 Å². The second kappa shape index (κ2) is 6.48. The first-order valence-electron chi connectivity index (χ1n) is 6.27. The zero-order valence-electron chi connectivity index (χ0n) is 11.7. The van der Waals surface area contributed by atoms with Crippen LogP contribution in [0, 0.1) is 6.92 Å². The van der Waals surface area contributed by atoms with Crippen molar-refractivity contribution in [2.75, 3.05) is 7.11 Å². The zero-order valence-corrected chi connectivity index (χ0v) is 14.3. The Balaban J connectivity index is 2.38.